The van der Waals surface area contributed by atoms with Gasteiger partial charge in [-0.15, -0.1) is 0 Å². The second kappa shape index (κ2) is 29.0. The number of aromatic amines is 1. The second-order valence-electron chi connectivity index (χ2n) is 26.3. The number of nitriles is 2. The van der Waals surface area contributed by atoms with Gasteiger partial charge in [0.05, 0.1) is 16.5 Å². The third-order valence-corrected chi connectivity index (χ3v) is 22.6. The van der Waals surface area contributed by atoms with Crippen molar-refractivity contribution in [1.82, 2.24) is 20.0 Å². The van der Waals surface area contributed by atoms with E-state index in [0.717, 1.165) is 112 Å². The molecule has 9 aliphatic rings. The van der Waals surface area contributed by atoms with Gasteiger partial charge in [0.15, 0.2) is 29.8 Å². The zero-order valence-corrected chi connectivity index (χ0v) is 56.8. The molecule has 0 radical (unpaired) electrons. The monoisotopic (exact) mass is 1210 g/mol. The molecule has 1 unspecified atom stereocenters. The quantitative estimate of drug-likeness (QED) is 0.103. The average Bonchev–Trinajstić information content (AvgIpc) is 4.24. The summed E-state index contributed by atoms with van der Waals surface area (Å²) in [4.78, 5) is 46.5. The van der Waals surface area contributed by atoms with Gasteiger partial charge in [0.25, 0.3) is 11.6 Å². The summed E-state index contributed by atoms with van der Waals surface area (Å²) in [6, 6.07) is 6.65. The molecular weight excluding hydrogens is 1130 g/mol. The molecule has 2 aromatic rings. The molecule has 8 aliphatic carbocycles. The first kappa shape index (κ1) is 67.9. The van der Waals surface area contributed by atoms with Gasteiger partial charge in [0, 0.05) is 30.6 Å². The van der Waals surface area contributed by atoms with Crippen molar-refractivity contribution in [3.05, 3.63) is 46.4 Å². The number of H-pyrrole nitrogens is 1. The van der Waals surface area contributed by atoms with Crippen LogP contribution in [0.4, 0.5) is 11.6 Å². The number of carbonyl (C=O) groups excluding carboxylic acids is 3. The Kier molecular flexibility index (Phi) is 24.6. The van der Waals surface area contributed by atoms with E-state index in [0.29, 0.717) is 53.6 Å². The molecule has 11 rings (SSSR count). The fraction of sp³-hybridized carbons (Fsp3) is 0.787. The number of carbonyl (C=O) groups is 3. The summed E-state index contributed by atoms with van der Waals surface area (Å²) in [5, 5.41) is 58.7. The SMILES string of the molecule is CC[C@@H]1C[C@H](C(=O)CBr)[C@@]2(C)CC[C@H]3[C@@H](CC[C@@H]4C[C@](C)(O)CC[C@@H]43)[C@H]12.O=C(O[O-])C1CCCO1.[C-]#[N+]c1cc(C#N)n[nH]1.[C-]#[N+]c1cc(C#N)nn1CC(=O)[C@H]1C[C@@H](CC)[C@H]2[C@@H]3CC[C@@H]4C[C@](C)(O)CC[C@@H]4[C@H]3CC[C@@]21C.[H-].[K+].[K+]. The zero-order chi connectivity index (χ0) is 56.3. The summed E-state index contributed by atoms with van der Waals surface area (Å²) >= 11 is 3.46. The van der Waals surface area contributed by atoms with E-state index >= 15 is 0 Å². The van der Waals surface area contributed by atoms with E-state index in [1.54, 1.807) is 6.07 Å². The number of aliphatic hydroxyl groups is 2. The van der Waals surface area contributed by atoms with E-state index in [1.165, 1.54) is 74.6 Å². The number of aromatic nitrogens is 4. The Labute approximate surface area is 570 Å². The van der Waals surface area contributed by atoms with Crippen molar-refractivity contribution in [1.29, 1.82) is 10.5 Å². The Bertz CT molecular complexity index is 2630. The Balaban J connectivity index is 0.000000225. The van der Waals surface area contributed by atoms with Crippen LogP contribution in [-0.2, 0) is 30.6 Å². The standard InChI is InChI=1S/C28H38N4O2.C23H37BrO2.C5H2N4.C5H8O4.2K.H/c1-5-17-12-23(24(33)16-32-25(30-4)13-19(15-29)31-32)28(3)11-9-21-20-8-10-27(2,34)14-18(20)6-7-22(21)26(17)28;1-4-14-11-19(20(25)13-24)23(3)10-8-17-16-7-9-22(2,26)12-15(16)5-6-18(17)21(14)23;1-7-5-2-4(3-6)8-9-5;6-5(9-7)4-2-1-3-8-4;;;/h13,17-18,20-23,26,34H,5-12,14,16H2,1-3H3;14-19,21,26H,4-13H2,1-3H3;2H,(H,8,9);4,7H,1-3H2;;;/q;;;;2*+1;-1/p-1/t17-,18-,20+,21-,22-,23-,26+,27-,28-;14-,15-,16+,17-,18-,19-,21+,22-,23-;;;;;/m11...../s1. The van der Waals surface area contributed by atoms with E-state index < -0.39 is 23.3 Å². The van der Waals surface area contributed by atoms with Gasteiger partial charge < -0.3 is 36.2 Å². The molecule has 3 heterocycles. The van der Waals surface area contributed by atoms with Crippen LogP contribution in [-0.4, -0.2) is 77.0 Å². The Morgan fingerprint density at radius 2 is 1.29 bits per heavy atom. The van der Waals surface area contributed by atoms with Crippen LogP contribution in [0.15, 0.2) is 12.1 Å². The molecular formula is C61H85BrK2N8O8. The Hall–Kier alpha value is -1.22. The topological polar surface area (TPSA) is 236 Å². The zero-order valence-electron chi connectivity index (χ0n) is 49.9. The molecule has 0 spiro atoms. The van der Waals surface area contributed by atoms with Gasteiger partial charge in [0.2, 0.25) is 0 Å². The predicted octanol–water partition coefficient (Wildman–Crippen LogP) is 5.07. The molecule has 16 nitrogen and oxygen atoms in total. The van der Waals surface area contributed by atoms with E-state index in [9.17, 15) is 35.1 Å². The molecule has 80 heavy (non-hydrogen) atoms. The number of fused-ring (bicyclic) bond motifs is 10. The number of rotatable bonds is 8. The minimum absolute atomic E-state index is 0. The van der Waals surface area contributed by atoms with E-state index in [1.807, 2.05) is 19.9 Å². The minimum atomic E-state index is -0.799. The maximum Gasteiger partial charge on any atom is 1.00 e. The number of Topliss-reactive ketones (excluding diaryl/α,β-unsaturated/α-hetero) is 2. The second-order valence-corrected chi connectivity index (χ2v) is 26.9. The molecule has 19 heteroatoms. The van der Waals surface area contributed by atoms with Crippen LogP contribution in [0.25, 0.3) is 9.69 Å². The number of hydrogen-bond donors (Lipinski definition) is 3. The largest absolute Gasteiger partial charge is 1.00 e. The van der Waals surface area contributed by atoms with E-state index in [2.05, 4.69) is 73.5 Å². The van der Waals surface area contributed by atoms with Crippen molar-refractivity contribution in [2.24, 2.45) is 93.7 Å². The van der Waals surface area contributed by atoms with Crippen LogP contribution < -0.4 is 108 Å². The van der Waals surface area contributed by atoms with Gasteiger partial charge >= 0.3 is 109 Å². The van der Waals surface area contributed by atoms with Crippen LogP contribution in [0.2, 0.25) is 0 Å². The number of halogens is 1. The van der Waals surface area contributed by atoms with Crippen molar-refractivity contribution in [2.75, 3.05) is 11.9 Å². The minimum Gasteiger partial charge on any atom is -1.00 e. The number of ketones is 2. The molecule has 3 N–H and O–H groups in total. The smallest absolute Gasteiger partial charge is 1.00 e. The summed E-state index contributed by atoms with van der Waals surface area (Å²) in [6.07, 6.45) is 21.5. The van der Waals surface area contributed by atoms with E-state index in [-0.39, 0.29) is 156 Å². The van der Waals surface area contributed by atoms with Crippen LogP contribution >= 0.6 is 15.9 Å². The fourth-order valence-corrected chi connectivity index (χ4v) is 19.2. The normalized spacial score (nSPS) is 39.5. The molecule has 1 saturated heterocycles. The molecule has 9 fully saturated rings. The van der Waals surface area contributed by atoms with Crippen LogP contribution in [0, 0.1) is 129 Å². The van der Waals surface area contributed by atoms with Gasteiger partial charge in [-0.1, -0.05) is 79.8 Å². The fourth-order valence-electron chi connectivity index (χ4n) is 18.8. The number of nitrogens with one attached hydrogen (secondary N) is 1. The van der Waals surface area contributed by atoms with Crippen molar-refractivity contribution in [3.63, 3.8) is 0 Å². The molecule has 0 aromatic carbocycles. The van der Waals surface area contributed by atoms with Crippen molar-refractivity contribution in [2.45, 2.75) is 194 Å². The first-order valence-electron chi connectivity index (χ1n) is 29.4. The van der Waals surface area contributed by atoms with Gasteiger partial charge in [-0.05, 0) is 211 Å². The molecule has 0 bridgehead atoms. The maximum absolute atomic E-state index is 13.7. The summed E-state index contributed by atoms with van der Waals surface area (Å²) < 4.78 is 6.27. The average molecular weight is 1220 g/mol. The first-order chi connectivity index (χ1) is 37.2. The molecule has 8 saturated carbocycles. The maximum atomic E-state index is 13.7. The van der Waals surface area contributed by atoms with Crippen LogP contribution in [0.5, 0.6) is 0 Å². The van der Waals surface area contributed by atoms with Crippen molar-refractivity contribution < 1.29 is 144 Å². The van der Waals surface area contributed by atoms with Crippen molar-refractivity contribution in [3.8, 4) is 12.1 Å². The molecule has 426 valence electrons. The Morgan fingerprint density at radius 1 is 0.775 bits per heavy atom. The summed E-state index contributed by atoms with van der Waals surface area (Å²) in [7, 11) is 0. The van der Waals surface area contributed by atoms with Crippen LogP contribution in [0.3, 0.4) is 0 Å². The first-order valence-corrected chi connectivity index (χ1v) is 30.5. The molecule has 0 amide bonds. The molecule has 19 atom stereocenters. The number of nitrogens with zero attached hydrogens (tertiary/aromatic N) is 7. The van der Waals surface area contributed by atoms with Crippen molar-refractivity contribution >= 4 is 45.1 Å². The van der Waals surface area contributed by atoms with Gasteiger partial charge in [-0.3, -0.25) is 9.59 Å². The van der Waals surface area contributed by atoms with Gasteiger partial charge in [0.1, 0.15) is 17.9 Å². The van der Waals surface area contributed by atoms with E-state index in [4.69, 9.17) is 23.1 Å². The summed E-state index contributed by atoms with van der Waals surface area (Å²) in [6.45, 7) is 28.1. The van der Waals surface area contributed by atoms with Gasteiger partial charge in [-0.2, -0.15) is 15.2 Å². The number of hydrogen-bond acceptors (Lipinski definition) is 12. The number of alkyl halides is 1. The van der Waals surface area contributed by atoms with Crippen LogP contribution in [0.1, 0.15) is 183 Å². The third-order valence-electron chi connectivity index (χ3n) is 22.1. The Morgan fingerprint density at radius 3 is 1.70 bits per heavy atom. The molecule has 1 aliphatic heterocycles. The predicted molar refractivity (Wildman–Crippen MR) is 294 cm³/mol. The summed E-state index contributed by atoms with van der Waals surface area (Å²) in [5.41, 5.74) is -0.222. The third kappa shape index (κ3) is 14.4. The number of ether oxygens (including phenoxy) is 1. The summed E-state index contributed by atoms with van der Waals surface area (Å²) in [5.74, 6) is 9.44. The van der Waals surface area contributed by atoms with Gasteiger partial charge in [-0.25, -0.2) is 9.89 Å². The molecule has 2 aromatic heterocycles.